The molecule has 0 bridgehead atoms. The Morgan fingerprint density at radius 3 is 2.15 bits per heavy atom. The summed E-state index contributed by atoms with van der Waals surface area (Å²) in [5.74, 6) is 2.01. The molecule has 52 heavy (non-hydrogen) atoms. The number of hydrogen-bond acceptors (Lipinski definition) is 4. The first-order valence-corrected chi connectivity index (χ1v) is 18.1. The number of amidine groups is 2. The number of allylic oxidation sites excluding steroid dienone is 3. The van der Waals surface area contributed by atoms with Gasteiger partial charge in [0.2, 0.25) is 0 Å². The third kappa shape index (κ3) is 5.05. The number of benzene rings is 6. The fraction of sp³-hybridized carbons (Fsp3) is 0.125. The van der Waals surface area contributed by atoms with Crippen molar-refractivity contribution >= 4 is 33.6 Å². The first-order chi connectivity index (χ1) is 25.5. The van der Waals surface area contributed by atoms with E-state index in [0.717, 1.165) is 45.9 Å². The zero-order valence-electron chi connectivity index (χ0n) is 29.2. The molecule has 6 aromatic carbocycles. The molecule has 4 nitrogen and oxygen atoms in total. The molecule has 0 spiro atoms. The molecular formula is C48H37N3O. The van der Waals surface area contributed by atoms with Crippen molar-refractivity contribution in [2.75, 3.05) is 0 Å². The molecule has 2 unspecified atom stereocenters. The topological polar surface area (TPSA) is 49.9 Å². The summed E-state index contributed by atoms with van der Waals surface area (Å²) < 4.78 is 6.32. The fourth-order valence-corrected chi connectivity index (χ4v) is 8.21. The van der Waals surface area contributed by atoms with E-state index in [-0.39, 0.29) is 17.5 Å². The molecule has 0 saturated heterocycles. The summed E-state index contributed by atoms with van der Waals surface area (Å²) >= 11 is 0. The van der Waals surface area contributed by atoms with Crippen LogP contribution in [0.5, 0.6) is 0 Å². The fourth-order valence-electron chi connectivity index (χ4n) is 8.21. The molecule has 3 aliphatic rings. The highest BCUT2D eigenvalue weighted by atomic mass is 16.3. The van der Waals surface area contributed by atoms with E-state index in [0.29, 0.717) is 0 Å². The van der Waals surface area contributed by atoms with Crippen LogP contribution in [0.2, 0.25) is 0 Å². The van der Waals surface area contributed by atoms with Crippen LogP contribution in [0.15, 0.2) is 172 Å². The molecule has 0 amide bonds. The normalized spacial score (nSPS) is 18.5. The monoisotopic (exact) mass is 671 g/mol. The lowest BCUT2D eigenvalue weighted by molar-refractivity contribution is 0.658. The zero-order chi connectivity index (χ0) is 34.8. The van der Waals surface area contributed by atoms with Crippen LogP contribution in [0.1, 0.15) is 48.7 Å². The summed E-state index contributed by atoms with van der Waals surface area (Å²) in [5, 5.41) is 5.94. The molecule has 7 aromatic rings. The van der Waals surface area contributed by atoms with E-state index in [1.54, 1.807) is 0 Å². The lowest BCUT2D eigenvalue weighted by Crippen LogP contribution is -2.39. The molecule has 0 saturated carbocycles. The van der Waals surface area contributed by atoms with Crippen LogP contribution < -0.4 is 5.32 Å². The summed E-state index contributed by atoms with van der Waals surface area (Å²) in [6, 6.07) is 47.9. The molecule has 2 aliphatic carbocycles. The maximum absolute atomic E-state index is 6.32. The van der Waals surface area contributed by atoms with E-state index in [2.05, 4.69) is 165 Å². The van der Waals surface area contributed by atoms with Gasteiger partial charge in [-0.15, -0.1) is 0 Å². The van der Waals surface area contributed by atoms with Gasteiger partial charge in [0.25, 0.3) is 0 Å². The van der Waals surface area contributed by atoms with Gasteiger partial charge in [0.1, 0.15) is 22.8 Å². The van der Waals surface area contributed by atoms with E-state index in [1.165, 1.54) is 49.7 Å². The second kappa shape index (κ2) is 11.9. The van der Waals surface area contributed by atoms with E-state index < -0.39 is 0 Å². The molecule has 2 heterocycles. The van der Waals surface area contributed by atoms with Gasteiger partial charge in [-0.05, 0) is 86.8 Å². The van der Waals surface area contributed by atoms with Crippen molar-refractivity contribution in [1.29, 1.82) is 0 Å². The third-order valence-corrected chi connectivity index (χ3v) is 11.0. The van der Waals surface area contributed by atoms with Crippen molar-refractivity contribution in [1.82, 2.24) is 5.32 Å². The van der Waals surface area contributed by atoms with Crippen molar-refractivity contribution in [2.24, 2.45) is 15.9 Å². The first kappa shape index (κ1) is 30.6. The van der Waals surface area contributed by atoms with Crippen molar-refractivity contribution in [3.63, 3.8) is 0 Å². The predicted molar refractivity (Wildman–Crippen MR) is 215 cm³/mol. The first-order valence-electron chi connectivity index (χ1n) is 18.1. The van der Waals surface area contributed by atoms with Gasteiger partial charge < -0.3 is 9.73 Å². The Kier molecular flexibility index (Phi) is 7.00. The van der Waals surface area contributed by atoms with Crippen molar-refractivity contribution in [3.8, 4) is 33.4 Å². The van der Waals surface area contributed by atoms with Gasteiger partial charge in [0.15, 0.2) is 6.17 Å². The van der Waals surface area contributed by atoms with E-state index in [4.69, 9.17) is 14.4 Å². The largest absolute Gasteiger partial charge is 0.456 e. The Morgan fingerprint density at radius 1 is 0.596 bits per heavy atom. The molecule has 1 N–H and O–H groups in total. The summed E-state index contributed by atoms with van der Waals surface area (Å²) in [6.45, 7) is 4.67. The lowest BCUT2D eigenvalue weighted by Gasteiger charge is -2.26. The van der Waals surface area contributed by atoms with E-state index >= 15 is 0 Å². The third-order valence-electron chi connectivity index (χ3n) is 11.0. The number of rotatable bonds is 5. The molecule has 1 aliphatic heterocycles. The highest BCUT2D eigenvalue weighted by molar-refractivity contribution is 6.12. The minimum atomic E-state index is -0.280. The molecule has 10 rings (SSSR count). The molecule has 0 fully saturated rings. The molecule has 0 radical (unpaired) electrons. The average molecular weight is 672 g/mol. The predicted octanol–water partition coefficient (Wildman–Crippen LogP) is 11.8. The maximum Gasteiger partial charge on any atom is 0.169 e. The quantitative estimate of drug-likeness (QED) is 0.198. The van der Waals surface area contributed by atoms with Gasteiger partial charge in [-0.25, -0.2) is 9.98 Å². The minimum Gasteiger partial charge on any atom is -0.456 e. The maximum atomic E-state index is 6.32. The van der Waals surface area contributed by atoms with Crippen LogP contribution in [0.3, 0.4) is 0 Å². The smallest absolute Gasteiger partial charge is 0.169 e. The number of para-hydroxylation sites is 1. The van der Waals surface area contributed by atoms with Crippen LogP contribution in [0.4, 0.5) is 0 Å². The molecule has 250 valence electrons. The van der Waals surface area contributed by atoms with Crippen LogP contribution >= 0.6 is 0 Å². The number of aliphatic imine (C=N–C) groups is 2. The van der Waals surface area contributed by atoms with Gasteiger partial charge in [0, 0.05) is 27.7 Å². The summed E-state index contributed by atoms with van der Waals surface area (Å²) in [6.07, 6.45) is 9.26. The SMILES string of the molecule is CC1(C)c2ccc(-c3cccc(-c4ccc(C5=NC(c6ccccc6)N=C(C6C=CC=CC6)N5)cc4)c3)cc2-c2cc3oc4ccccc4c3cc21. The summed E-state index contributed by atoms with van der Waals surface area (Å²) in [7, 11) is 0. The van der Waals surface area contributed by atoms with Gasteiger partial charge in [0.05, 0.1) is 0 Å². The molecule has 4 heteroatoms. The Balaban J connectivity index is 0.966. The number of hydrogen-bond donors (Lipinski definition) is 1. The number of nitrogens with zero attached hydrogens (tertiary/aromatic N) is 2. The van der Waals surface area contributed by atoms with Gasteiger partial charge in [-0.1, -0.05) is 141 Å². The van der Waals surface area contributed by atoms with Crippen LogP contribution in [-0.2, 0) is 5.41 Å². The van der Waals surface area contributed by atoms with Gasteiger partial charge in [-0.2, -0.15) is 0 Å². The molecule has 1 aromatic heterocycles. The Bertz CT molecular complexity index is 2660. The van der Waals surface area contributed by atoms with Crippen LogP contribution in [0, 0.1) is 5.92 Å². The Morgan fingerprint density at radius 2 is 1.33 bits per heavy atom. The highest BCUT2D eigenvalue weighted by Gasteiger charge is 2.36. The number of nitrogens with one attached hydrogen (secondary N) is 1. The Labute approximate surface area is 303 Å². The van der Waals surface area contributed by atoms with Crippen LogP contribution in [0.25, 0.3) is 55.3 Å². The second-order valence-electron chi connectivity index (χ2n) is 14.6. The van der Waals surface area contributed by atoms with Crippen molar-refractivity contribution in [2.45, 2.75) is 31.8 Å². The molecular weight excluding hydrogens is 635 g/mol. The standard InChI is InChI=1S/C48H37N3O/c1-48(2)41-25-24-36(27-38(41)39-29-44-40(28-42(39)48)37-18-9-10-19-43(37)52-44)35-17-11-16-34(26-35)30-20-22-33(23-21-30)47-50-45(31-12-5-3-6-13-31)49-46(51-47)32-14-7-4-8-15-32/h3-14,16-29,32,45H,15H2,1-2H3,(H,49,50,51). The van der Waals surface area contributed by atoms with Gasteiger partial charge in [-0.3, -0.25) is 0 Å². The second-order valence-corrected chi connectivity index (χ2v) is 14.6. The van der Waals surface area contributed by atoms with E-state index in [9.17, 15) is 0 Å². The minimum absolute atomic E-state index is 0.102. The summed E-state index contributed by atoms with van der Waals surface area (Å²) in [4.78, 5) is 10.1. The van der Waals surface area contributed by atoms with Crippen molar-refractivity contribution in [3.05, 3.63) is 180 Å². The lowest BCUT2D eigenvalue weighted by atomic mass is 9.81. The zero-order valence-corrected chi connectivity index (χ0v) is 29.2. The number of fused-ring (bicyclic) bond motifs is 6. The average Bonchev–Trinajstić information content (AvgIpc) is 3.68. The summed E-state index contributed by atoms with van der Waals surface area (Å²) in [5.41, 5.74) is 13.9. The molecule has 2 atom stereocenters. The van der Waals surface area contributed by atoms with E-state index in [1.807, 2.05) is 12.1 Å². The Hall–Kier alpha value is -6.26. The highest BCUT2D eigenvalue weighted by Crippen LogP contribution is 2.51. The van der Waals surface area contributed by atoms with Crippen molar-refractivity contribution < 1.29 is 4.42 Å². The van der Waals surface area contributed by atoms with Gasteiger partial charge >= 0.3 is 0 Å². The number of furan rings is 1. The van der Waals surface area contributed by atoms with Crippen LogP contribution in [-0.4, -0.2) is 11.7 Å².